The number of nitrogens with one attached hydrogen (secondary N) is 1. The molecule has 0 fully saturated rings. The molecule has 1 atom stereocenters. The van der Waals surface area contributed by atoms with Gasteiger partial charge in [-0.25, -0.2) is 9.97 Å². The molecule has 0 aliphatic carbocycles. The van der Waals surface area contributed by atoms with E-state index < -0.39 is 22.6 Å². The number of nitrogens with two attached hydrogens (primary N) is 1. The van der Waals surface area contributed by atoms with E-state index in [0.29, 0.717) is 0 Å². The second-order valence-corrected chi connectivity index (χ2v) is 3.28. The second kappa shape index (κ2) is 5.37. The van der Waals surface area contributed by atoms with E-state index >= 15 is 0 Å². The Morgan fingerprint density at radius 2 is 2.35 bits per heavy atom. The first-order valence-electron chi connectivity index (χ1n) is 4.29. The van der Waals surface area contributed by atoms with Crippen LogP contribution >= 0.6 is 11.6 Å². The lowest BCUT2D eigenvalue weighted by molar-refractivity contribution is -0.384. The lowest BCUT2D eigenvalue weighted by Gasteiger charge is -2.08. The summed E-state index contributed by atoms with van der Waals surface area (Å²) in [7, 11) is 0. The van der Waals surface area contributed by atoms with Crippen LogP contribution in [-0.2, 0) is 4.79 Å². The Bertz CT molecular complexity index is 454. The molecule has 0 spiro atoms. The van der Waals surface area contributed by atoms with Gasteiger partial charge in [-0.15, -0.1) is 0 Å². The number of rotatable bonds is 5. The number of nitro groups is 1. The molecule has 0 radical (unpaired) electrons. The molecule has 10 heteroatoms. The van der Waals surface area contributed by atoms with E-state index in [2.05, 4.69) is 15.3 Å². The lowest BCUT2D eigenvalue weighted by atomic mass is 10.3. The molecule has 0 aromatic carbocycles. The largest absolute Gasteiger partial charge is 0.381 e. The van der Waals surface area contributed by atoms with Crippen molar-refractivity contribution in [3.05, 3.63) is 21.6 Å². The van der Waals surface area contributed by atoms with Gasteiger partial charge in [0.2, 0.25) is 16.9 Å². The number of hydrogen-bond donors (Lipinski definition) is 3. The first-order valence-corrected chi connectivity index (χ1v) is 4.67. The topological polar surface area (TPSA) is 144 Å². The Kier molecular flexibility index (Phi) is 4.12. The first-order chi connectivity index (χ1) is 7.93. The number of aliphatic hydroxyl groups is 1. The Morgan fingerprint density at radius 1 is 1.71 bits per heavy atom. The average Bonchev–Trinajstić information content (AvgIpc) is 2.24. The molecule has 4 N–H and O–H groups in total. The number of primary amides is 1. The average molecular weight is 262 g/mol. The molecule has 9 nitrogen and oxygen atoms in total. The Labute approximate surface area is 99.8 Å². The number of hydrogen-bond acceptors (Lipinski definition) is 7. The molecule has 17 heavy (non-hydrogen) atoms. The summed E-state index contributed by atoms with van der Waals surface area (Å²) in [6.45, 7) is -0.316. The zero-order chi connectivity index (χ0) is 13.0. The molecule has 0 aliphatic heterocycles. The van der Waals surface area contributed by atoms with Crippen LogP contribution < -0.4 is 11.1 Å². The van der Waals surface area contributed by atoms with E-state index in [1.165, 1.54) is 0 Å². The number of carbonyl (C=O) groups excluding carboxylic acids is 1. The number of nitrogens with zero attached hydrogens (tertiary/aromatic N) is 3. The van der Waals surface area contributed by atoms with E-state index in [9.17, 15) is 14.9 Å². The summed E-state index contributed by atoms with van der Waals surface area (Å²) in [6.07, 6.45) is -0.475. The van der Waals surface area contributed by atoms with E-state index in [0.717, 1.165) is 6.33 Å². The van der Waals surface area contributed by atoms with Crippen LogP contribution in [0.25, 0.3) is 0 Å². The maximum absolute atomic E-state index is 10.7. The van der Waals surface area contributed by atoms with Crippen molar-refractivity contribution < 1.29 is 14.8 Å². The fourth-order valence-electron chi connectivity index (χ4n) is 0.942. The third kappa shape index (κ3) is 3.23. The molecule has 1 amide bonds. The summed E-state index contributed by atoms with van der Waals surface area (Å²) in [5, 5.41) is 21.8. The molecule has 1 aromatic rings. The minimum Gasteiger partial charge on any atom is -0.381 e. The Morgan fingerprint density at radius 3 is 2.88 bits per heavy atom. The maximum Gasteiger partial charge on any atom is 0.348 e. The number of amides is 1. The molecule has 1 unspecified atom stereocenters. The molecule has 0 bridgehead atoms. The Balaban J connectivity index is 2.88. The van der Waals surface area contributed by atoms with Gasteiger partial charge in [0.1, 0.15) is 12.4 Å². The zero-order valence-electron chi connectivity index (χ0n) is 8.33. The van der Waals surface area contributed by atoms with Crippen LogP contribution in [0.1, 0.15) is 0 Å². The SMILES string of the molecule is NC(=O)C(O)CNc1ncnc(Cl)c1[N+](=O)[O-]. The van der Waals surface area contributed by atoms with E-state index in [-0.39, 0.29) is 17.5 Å². The van der Waals surface area contributed by atoms with Crippen molar-refractivity contribution in [3.63, 3.8) is 0 Å². The van der Waals surface area contributed by atoms with Gasteiger partial charge >= 0.3 is 5.69 Å². The number of anilines is 1. The highest BCUT2D eigenvalue weighted by Crippen LogP contribution is 2.27. The van der Waals surface area contributed by atoms with Gasteiger partial charge in [0.05, 0.1) is 11.5 Å². The number of aromatic nitrogens is 2. The smallest absolute Gasteiger partial charge is 0.348 e. The quantitative estimate of drug-likeness (QED) is 0.361. The second-order valence-electron chi connectivity index (χ2n) is 2.92. The molecular weight excluding hydrogens is 254 g/mol. The highest BCUT2D eigenvalue weighted by Gasteiger charge is 2.22. The monoisotopic (exact) mass is 261 g/mol. The van der Waals surface area contributed by atoms with Gasteiger partial charge in [0.15, 0.2) is 0 Å². The molecule has 1 aromatic heterocycles. The van der Waals surface area contributed by atoms with Crippen LogP contribution in [0.5, 0.6) is 0 Å². The van der Waals surface area contributed by atoms with Crippen LogP contribution in [0.15, 0.2) is 6.33 Å². The molecule has 0 saturated heterocycles. The highest BCUT2D eigenvalue weighted by molar-refractivity contribution is 6.31. The number of carbonyl (C=O) groups is 1. The van der Waals surface area contributed by atoms with Gasteiger partial charge in [-0.1, -0.05) is 11.6 Å². The van der Waals surface area contributed by atoms with Crippen molar-refractivity contribution in [1.29, 1.82) is 0 Å². The number of aliphatic hydroxyl groups excluding tert-OH is 1. The Hall–Kier alpha value is -2.00. The standard InChI is InChI=1S/C7H8ClN5O4/c8-5-4(13(16)17)7(12-2-11-5)10-1-3(14)6(9)15/h2-3,14H,1H2,(H2,9,15)(H,10,11,12). The van der Waals surface area contributed by atoms with Gasteiger partial charge in [-0.2, -0.15) is 0 Å². The molecule has 1 heterocycles. The third-order valence-corrected chi connectivity index (χ3v) is 2.03. The van der Waals surface area contributed by atoms with Crippen molar-refractivity contribution >= 4 is 29.0 Å². The van der Waals surface area contributed by atoms with Crippen molar-refractivity contribution in [2.75, 3.05) is 11.9 Å². The van der Waals surface area contributed by atoms with Crippen LogP contribution in [0.2, 0.25) is 5.15 Å². The van der Waals surface area contributed by atoms with E-state index in [1.54, 1.807) is 0 Å². The minimum atomic E-state index is -1.48. The predicted molar refractivity (Wildman–Crippen MR) is 57.4 cm³/mol. The summed E-state index contributed by atoms with van der Waals surface area (Å²) in [6, 6.07) is 0. The van der Waals surface area contributed by atoms with Gasteiger partial charge in [0, 0.05) is 0 Å². The summed E-state index contributed by atoms with van der Waals surface area (Å²) >= 11 is 5.52. The van der Waals surface area contributed by atoms with Gasteiger partial charge in [-0.05, 0) is 0 Å². The molecular formula is C7H8ClN5O4. The van der Waals surface area contributed by atoms with E-state index in [1.807, 2.05) is 0 Å². The molecule has 1 rings (SSSR count). The molecule has 92 valence electrons. The van der Waals surface area contributed by atoms with Crippen LogP contribution in [-0.4, -0.2) is 38.6 Å². The van der Waals surface area contributed by atoms with Crippen LogP contribution in [0.3, 0.4) is 0 Å². The lowest BCUT2D eigenvalue weighted by Crippen LogP contribution is -2.34. The third-order valence-electron chi connectivity index (χ3n) is 1.75. The first kappa shape index (κ1) is 13.1. The van der Waals surface area contributed by atoms with Gasteiger partial charge in [0.25, 0.3) is 0 Å². The maximum atomic E-state index is 10.7. The van der Waals surface area contributed by atoms with Crippen LogP contribution in [0, 0.1) is 10.1 Å². The summed E-state index contributed by atoms with van der Waals surface area (Å²) in [4.78, 5) is 27.5. The van der Waals surface area contributed by atoms with E-state index in [4.69, 9.17) is 22.4 Å². The van der Waals surface area contributed by atoms with Crippen molar-refractivity contribution in [3.8, 4) is 0 Å². The predicted octanol–water partition coefficient (Wildman–Crippen LogP) is -0.704. The van der Waals surface area contributed by atoms with Crippen LogP contribution in [0.4, 0.5) is 11.5 Å². The summed E-state index contributed by atoms with van der Waals surface area (Å²) in [5.41, 5.74) is 4.27. The fraction of sp³-hybridized carbons (Fsp3) is 0.286. The van der Waals surface area contributed by atoms with Crippen molar-refractivity contribution in [2.24, 2.45) is 5.73 Å². The molecule has 0 aliphatic rings. The summed E-state index contributed by atoms with van der Waals surface area (Å²) in [5.74, 6) is -1.16. The number of halogens is 1. The van der Waals surface area contributed by atoms with Crippen molar-refractivity contribution in [1.82, 2.24) is 9.97 Å². The van der Waals surface area contributed by atoms with Crippen molar-refractivity contribution in [2.45, 2.75) is 6.10 Å². The zero-order valence-corrected chi connectivity index (χ0v) is 9.09. The highest BCUT2D eigenvalue weighted by atomic mass is 35.5. The minimum absolute atomic E-state index is 0.199. The normalized spacial score (nSPS) is 11.9. The fourth-order valence-corrected chi connectivity index (χ4v) is 1.14. The van der Waals surface area contributed by atoms with Gasteiger partial charge < -0.3 is 16.2 Å². The molecule has 0 saturated carbocycles. The van der Waals surface area contributed by atoms with Gasteiger partial charge in [-0.3, -0.25) is 14.9 Å². The summed E-state index contributed by atoms with van der Waals surface area (Å²) < 4.78 is 0.